The Labute approximate surface area is 108 Å². The summed E-state index contributed by atoms with van der Waals surface area (Å²) in [7, 11) is -3.50. The zero-order valence-corrected chi connectivity index (χ0v) is 11.5. The van der Waals surface area contributed by atoms with Crippen molar-refractivity contribution in [2.75, 3.05) is 11.1 Å². The molecule has 0 radical (unpaired) electrons. The monoisotopic (exact) mass is 326 g/mol. The van der Waals surface area contributed by atoms with Crippen molar-refractivity contribution in [1.29, 1.82) is 0 Å². The summed E-state index contributed by atoms with van der Waals surface area (Å²) in [6, 6.07) is 2.66. The molecule has 0 aliphatic heterocycles. The van der Waals surface area contributed by atoms with Crippen molar-refractivity contribution in [1.82, 2.24) is 0 Å². The summed E-state index contributed by atoms with van der Waals surface area (Å²) < 4.78 is 49.1. The zero-order valence-electron chi connectivity index (χ0n) is 9.13. The molecule has 0 saturated carbocycles. The first-order chi connectivity index (χ1) is 7.97. The maximum atomic E-state index is 12.9. The first kappa shape index (κ1) is 14.6. The van der Waals surface area contributed by atoms with Crippen LogP contribution in [0, 0.1) is 11.6 Å². The van der Waals surface area contributed by atoms with Crippen LogP contribution in [-0.4, -0.2) is 19.5 Å². The molecule has 0 heterocycles. The fourth-order valence-electron chi connectivity index (χ4n) is 1.35. The third-order valence-electron chi connectivity index (χ3n) is 2.30. The Morgan fingerprint density at radius 2 is 1.76 bits per heavy atom. The van der Waals surface area contributed by atoms with E-state index in [9.17, 15) is 17.2 Å². The van der Waals surface area contributed by atoms with Gasteiger partial charge < -0.3 is 0 Å². The molecule has 17 heavy (non-hydrogen) atoms. The normalized spacial score (nSPS) is 11.7. The predicted molar refractivity (Wildman–Crippen MR) is 66.1 cm³/mol. The van der Waals surface area contributed by atoms with Crippen molar-refractivity contribution in [2.45, 2.75) is 24.2 Å². The molecule has 2 nitrogen and oxygen atoms in total. The molecule has 1 aromatic rings. The highest BCUT2D eigenvalue weighted by molar-refractivity contribution is 9.09. The third-order valence-corrected chi connectivity index (χ3v) is 4.66. The molecular weight excluding hydrogens is 314 g/mol. The van der Waals surface area contributed by atoms with Gasteiger partial charge in [-0.1, -0.05) is 22.4 Å². The van der Waals surface area contributed by atoms with Gasteiger partial charge in [-0.05, 0) is 31.0 Å². The molecule has 0 unspecified atom stereocenters. The van der Waals surface area contributed by atoms with Crippen LogP contribution in [0.1, 0.15) is 19.3 Å². The first-order valence-corrected chi connectivity index (χ1v) is 7.98. The molecular formula is C11H13BrF2O2S. The standard InChI is InChI=1S/C11H13BrF2O2S/c12-6-2-1-3-7-17(15,16)9-4-5-10(13)11(14)8-9/h4-5,8H,1-3,6-7H2. The lowest BCUT2D eigenvalue weighted by molar-refractivity contribution is 0.504. The Bertz CT molecular complexity index is 474. The molecule has 0 aliphatic carbocycles. The molecule has 1 aromatic carbocycles. The molecule has 0 aliphatic rings. The summed E-state index contributed by atoms with van der Waals surface area (Å²) in [4.78, 5) is -0.157. The fraction of sp³-hybridized carbons (Fsp3) is 0.455. The van der Waals surface area contributed by atoms with Gasteiger partial charge in [0.15, 0.2) is 21.5 Å². The zero-order chi connectivity index (χ0) is 12.9. The van der Waals surface area contributed by atoms with Gasteiger partial charge in [-0.3, -0.25) is 0 Å². The molecule has 1 rings (SSSR count). The van der Waals surface area contributed by atoms with Crippen LogP contribution in [0.2, 0.25) is 0 Å². The van der Waals surface area contributed by atoms with Crippen LogP contribution in [0.15, 0.2) is 23.1 Å². The number of benzene rings is 1. The molecule has 0 fully saturated rings. The number of alkyl halides is 1. The van der Waals surface area contributed by atoms with Gasteiger partial charge in [0.2, 0.25) is 0 Å². The molecule has 0 spiro atoms. The van der Waals surface area contributed by atoms with E-state index in [1.54, 1.807) is 0 Å². The second-order valence-corrected chi connectivity index (χ2v) is 6.55. The van der Waals surface area contributed by atoms with Crippen molar-refractivity contribution in [3.05, 3.63) is 29.8 Å². The summed E-state index contributed by atoms with van der Waals surface area (Å²) in [6.45, 7) is 0. The molecule has 96 valence electrons. The molecule has 0 amide bonds. The van der Waals surface area contributed by atoms with E-state index in [0.717, 1.165) is 36.4 Å². The highest BCUT2D eigenvalue weighted by Gasteiger charge is 2.16. The summed E-state index contributed by atoms with van der Waals surface area (Å²) >= 11 is 3.25. The quantitative estimate of drug-likeness (QED) is 0.456. The number of halogens is 3. The first-order valence-electron chi connectivity index (χ1n) is 5.21. The minimum absolute atomic E-state index is 0.0366. The van der Waals surface area contributed by atoms with Gasteiger partial charge in [-0.25, -0.2) is 17.2 Å². The van der Waals surface area contributed by atoms with Gasteiger partial charge in [0.25, 0.3) is 0 Å². The minimum Gasteiger partial charge on any atom is -0.224 e. The highest BCUT2D eigenvalue weighted by Crippen LogP contribution is 2.16. The van der Waals surface area contributed by atoms with Crippen LogP contribution in [0.3, 0.4) is 0 Å². The number of unbranched alkanes of at least 4 members (excludes halogenated alkanes) is 2. The van der Waals surface area contributed by atoms with Crippen LogP contribution in [0.25, 0.3) is 0 Å². The van der Waals surface area contributed by atoms with Gasteiger partial charge in [0, 0.05) is 5.33 Å². The van der Waals surface area contributed by atoms with Gasteiger partial charge in [0.1, 0.15) is 0 Å². The summed E-state index contributed by atoms with van der Waals surface area (Å²) in [5.41, 5.74) is 0. The summed E-state index contributed by atoms with van der Waals surface area (Å²) in [5.74, 6) is -2.21. The second-order valence-electron chi connectivity index (χ2n) is 3.64. The lowest BCUT2D eigenvalue weighted by atomic mass is 10.3. The molecule has 0 atom stereocenters. The smallest absolute Gasteiger partial charge is 0.178 e. The molecule has 6 heteroatoms. The topological polar surface area (TPSA) is 34.1 Å². The Balaban J connectivity index is 2.72. The van der Waals surface area contributed by atoms with Crippen molar-refractivity contribution >= 4 is 25.8 Å². The van der Waals surface area contributed by atoms with Gasteiger partial charge in [-0.2, -0.15) is 0 Å². The second kappa shape index (κ2) is 6.44. The van der Waals surface area contributed by atoms with E-state index in [1.165, 1.54) is 0 Å². The highest BCUT2D eigenvalue weighted by atomic mass is 79.9. The van der Waals surface area contributed by atoms with E-state index in [0.29, 0.717) is 6.42 Å². The van der Waals surface area contributed by atoms with Crippen LogP contribution in [0.5, 0.6) is 0 Å². The minimum atomic E-state index is -3.50. The average Bonchev–Trinajstić information content (AvgIpc) is 2.28. The number of hydrogen-bond acceptors (Lipinski definition) is 2. The maximum Gasteiger partial charge on any atom is 0.178 e. The SMILES string of the molecule is O=S(=O)(CCCCCBr)c1ccc(F)c(F)c1. The Morgan fingerprint density at radius 1 is 1.06 bits per heavy atom. The van der Waals surface area contributed by atoms with E-state index in [4.69, 9.17) is 0 Å². The van der Waals surface area contributed by atoms with Crippen LogP contribution in [0.4, 0.5) is 8.78 Å². The van der Waals surface area contributed by atoms with E-state index in [2.05, 4.69) is 15.9 Å². The predicted octanol–water partition coefficient (Wildman–Crippen LogP) is 3.30. The van der Waals surface area contributed by atoms with Gasteiger partial charge >= 0.3 is 0 Å². The molecule has 0 N–H and O–H groups in total. The van der Waals surface area contributed by atoms with Gasteiger partial charge in [0.05, 0.1) is 10.6 Å². The summed E-state index contributed by atoms with van der Waals surface area (Å²) in [5, 5.41) is 0.832. The number of sulfone groups is 1. The third kappa shape index (κ3) is 4.35. The van der Waals surface area contributed by atoms with Crippen molar-refractivity contribution in [3.8, 4) is 0 Å². The summed E-state index contributed by atoms with van der Waals surface area (Å²) in [6.07, 6.45) is 2.20. The maximum absolute atomic E-state index is 12.9. The fourth-order valence-corrected chi connectivity index (χ4v) is 3.13. The molecule has 0 aromatic heterocycles. The molecule has 0 bridgehead atoms. The largest absolute Gasteiger partial charge is 0.224 e. The van der Waals surface area contributed by atoms with Crippen molar-refractivity contribution in [3.63, 3.8) is 0 Å². The van der Waals surface area contributed by atoms with Crippen molar-refractivity contribution < 1.29 is 17.2 Å². The van der Waals surface area contributed by atoms with E-state index in [-0.39, 0.29) is 10.6 Å². The van der Waals surface area contributed by atoms with E-state index < -0.39 is 21.5 Å². The van der Waals surface area contributed by atoms with E-state index >= 15 is 0 Å². The van der Waals surface area contributed by atoms with Crippen molar-refractivity contribution in [2.24, 2.45) is 0 Å². The average molecular weight is 327 g/mol. The van der Waals surface area contributed by atoms with E-state index in [1.807, 2.05) is 0 Å². The Morgan fingerprint density at radius 3 is 2.35 bits per heavy atom. The Hall–Kier alpha value is -0.490. The lowest BCUT2D eigenvalue weighted by Crippen LogP contribution is -2.07. The lowest BCUT2D eigenvalue weighted by Gasteiger charge is -2.04. The number of rotatable bonds is 6. The Kier molecular flexibility index (Phi) is 5.52. The van der Waals surface area contributed by atoms with Gasteiger partial charge in [-0.15, -0.1) is 0 Å². The van der Waals surface area contributed by atoms with Crippen LogP contribution in [-0.2, 0) is 9.84 Å². The van der Waals surface area contributed by atoms with Crippen LogP contribution >= 0.6 is 15.9 Å². The number of hydrogen-bond donors (Lipinski definition) is 0. The molecule has 0 saturated heterocycles. The van der Waals surface area contributed by atoms with Crippen LogP contribution < -0.4 is 0 Å².